The highest BCUT2D eigenvalue weighted by molar-refractivity contribution is 5.83. The summed E-state index contributed by atoms with van der Waals surface area (Å²) in [6.45, 7) is 6.85. The van der Waals surface area contributed by atoms with Gasteiger partial charge in [0.15, 0.2) is 11.3 Å². The number of fused-ring (bicyclic) bond motifs is 1. The second kappa shape index (κ2) is 9.17. The predicted molar refractivity (Wildman–Crippen MR) is 126 cm³/mol. The van der Waals surface area contributed by atoms with Crippen LogP contribution in [0.5, 0.6) is 5.75 Å². The van der Waals surface area contributed by atoms with Crippen LogP contribution in [0.25, 0.3) is 11.0 Å². The minimum absolute atomic E-state index is 0.0934. The molecule has 8 heteroatoms. The topological polar surface area (TPSA) is 85.5 Å². The molecule has 0 aliphatic carbocycles. The number of furan rings is 1. The van der Waals surface area contributed by atoms with Crippen molar-refractivity contribution < 1.29 is 13.9 Å². The van der Waals surface area contributed by atoms with Crippen LogP contribution in [0.4, 0.5) is 11.6 Å². The minimum Gasteiger partial charge on any atom is -0.493 e. The van der Waals surface area contributed by atoms with Crippen LogP contribution < -0.4 is 10.1 Å². The zero-order valence-corrected chi connectivity index (χ0v) is 19.0. The van der Waals surface area contributed by atoms with Gasteiger partial charge >= 0.3 is 0 Å². The van der Waals surface area contributed by atoms with Crippen molar-refractivity contribution in [3.05, 3.63) is 71.5 Å². The van der Waals surface area contributed by atoms with Crippen molar-refractivity contribution in [2.24, 2.45) is 0 Å². The van der Waals surface area contributed by atoms with Gasteiger partial charge in [-0.1, -0.05) is 12.1 Å². The number of nitrogens with zero attached hydrogens (tertiary/aromatic N) is 4. The second-order valence-corrected chi connectivity index (χ2v) is 8.26. The second-order valence-electron chi connectivity index (χ2n) is 8.26. The third-order valence-electron chi connectivity index (χ3n) is 5.66. The van der Waals surface area contributed by atoms with E-state index < -0.39 is 0 Å². The number of ether oxygens (including phenoxy) is 2. The van der Waals surface area contributed by atoms with Crippen LogP contribution in [0.1, 0.15) is 28.9 Å². The number of morpholine rings is 1. The third kappa shape index (κ3) is 4.81. The molecule has 3 aromatic heterocycles. The highest BCUT2D eigenvalue weighted by atomic mass is 16.5. The summed E-state index contributed by atoms with van der Waals surface area (Å²) in [4.78, 5) is 15.8. The van der Waals surface area contributed by atoms with Crippen molar-refractivity contribution >= 4 is 22.6 Å². The van der Waals surface area contributed by atoms with Gasteiger partial charge < -0.3 is 19.2 Å². The van der Waals surface area contributed by atoms with Gasteiger partial charge in [0, 0.05) is 29.9 Å². The number of aromatic nitrogens is 3. The van der Waals surface area contributed by atoms with Crippen LogP contribution in [0.15, 0.2) is 53.1 Å². The summed E-state index contributed by atoms with van der Waals surface area (Å²) in [5.41, 5.74) is 4.38. The van der Waals surface area contributed by atoms with Crippen LogP contribution in [-0.4, -0.2) is 46.7 Å². The molecule has 1 aliphatic rings. The molecule has 8 nitrogen and oxygen atoms in total. The van der Waals surface area contributed by atoms with Crippen molar-refractivity contribution in [1.82, 2.24) is 19.9 Å². The SMILES string of the molecule is COc1cccc2cc(CN3CCO[C@@H](c4ccc(Nc5nc(C)cc(C)n5)cn4)C3)oc12. The van der Waals surface area contributed by atoms with E-state index in [1.165, 1.54) is 0 Å². The molecule has 4 aromatic rings. The normalized spacial score (nSPS) is 16.8. The molecule has 1 fully saturated rings. The fourth-order valence-corrected chi connectivity index (χ4v) is 4.15. The van der Waals surface area contributed by atoms with Crippen LogP contribution in [0, 0.1) is 13.8 Å². The quantitative estimate of drug-likeness (QED) is 0.462. The molecular formula is C25H27N5O3. The number of para-hydroxylation sites is 1. The van der Waals surface area contributed by atoms with Crippen molar-refractivity contribution in [3.63, 3.8) is 0 Å². The Hall–Kier alpha value is -3.49. The largest absolute Gasteiger partial charge is 0.493 e. The van der Waals surface area contributed by atoms with E-state index in [9.17, 15) is 0 Å². The Kier molecular flexibility index (Phi) is 5.93. The van der Waals surface area contributed by atoms with Gasteiger partial charge in [-0.2, -0.15) is 0 Å². The number of hydrogen-bond donors (Lipinski definition) is 1. The molecule has 0 bridgehead atoms. The maximum Gasteiger partial charge on any atom is 0.227 e. The fraction of sp³-hybridized carbons (Fsp3) is 0.320. The molecule has 33 heavy (non-hydrogen) atoms. The summed E-state index contributed by atoms with van der Waals surface area (Å²) in [6, 6.07) is 13.9. The van der Waals surface area contributed by atoms with E-state index in [0.29, 0.717) is 19.1 Å². The van der Waals surface area contributed by atoms with Gasteiger partial charge in [0.2, 0.25) is 5.95 Å². The lowest BCUT2D eigenvalue weighted by Gasteiger charge is -2.32. The number of aryl methyl sites for hydroxylation is 2. The molecule has 1 aliphatic heterocycles. The van der Waals surface area contributed by atoms with E-state index in [2.05, 4.69) is 31.2 Å². The lowest BCUT2D eigenvalue weighted by molar-refractivity contribution is -0.0366. The number of methoxy groups -OCH3 is 1. The highest BCUT2D eigenvalue weighted by Gasteiger charge is 2.24. The van der Waals surface area contributed by atoms with Crippen LogP contribution >= 0.6 is 0 Å². The average molecular weight is 446 g/mol. The summed E-state index contributed by atoms with van der Waals surface area (Å²) >= 11 is 0. The monoisotopic (exact) mass is 445 g/mol. The van der Waals surface area contributed by atoms with Gasteiger partial charge in [0.05, 0.1) is 37.8 Å². The van der Waals surface area contributed by atoms with Crippen LogP contribution in [0.2, 0.25) is 0 Å². The number of benzene rings is 1. The first-order chi connectivity index (χ1) is 16.1. The van der Waals surface area contributed by atoms with Crippen molar-refractivity contribution in [1.29, 1.82) is 0 Å². The molecule has 1 N–H and O–H groups in total. The Morgan fingerprint density at radius 3 is 2.73 bits per heavy atom. The van der Waals surface area contributed by atoms with Gasteiger partial charge in [-0.05, 0) is 44.2 Å². The Morgan fingerprint density at radius 2 is 1.97 bits per heavy atom. The van der Waals surface area contributed by atoms with Gasteiger partial charge in [-0.3, -0.25) is 9.88 Å². The molecule has 1 atom stereocenters. The van der Waals surface area contributed by atoms with E-state index in [-0.39, 0.29) is 6.10 Å². The number of nitrogens with one attached hydrogen (secondary N) is 1. The molecule has 0 amide bonds. The molecule has 0 spiro atoms. The fourth-order valence-electron chi connectivity index (χ4n) is 4.15. The summed E-state index contributed by atoms with van der Waals surface area (Å²) in [7, 11) is 1.66. The molecule has 1 aromatic carbocycles. The molecule has 5 rings (SSSR count). The zero-order valence-electron chi connectivity index (χ0n) is 19.0. The van der Waals surface area contributed by atoms with E-state index in [1.807, 2.05) is 50.2 Å². The summed E-state index contributed by atoms with van der Waals surface area (Å²) in [6.07, 6.45) is 1.70. The maximum atomic E-state index is 6.08. The molecule has 0 radical (unpaired) electrons. The molecular weight excluding hydrogens is 418 g/mol. The van der Waals surface area contributed by atoms with Gasteiger partial charge in [0.25, 0.3) is 0 Å². The summed E-state index contributed by atoms with van der Waals surface area (Å²) in [5, 5.41) is 4.27. The Labute approximate surface area is 192 Å². The van der Waals surface area contributed by atoms with Crippen LogP contribution in [0.3, 0.4) is 0 Å². The Morgan fingerprint density at radius 1 is 1.12 bits per heavy atom. The molecule has 1 saturated heterocycles. The minimum atomic E-state index is -0.0934. The van der Waals surface area contributed by atoms with Crippen LogP contribution in [-0.2, 0) is 11.3 Å². The molecule has 170 valence electrons. The number of pyridine rings is 1. The van der Waals surface area contributed by atoms with E-state index in [1.54, 1.807) is 13.3 Å². The first kappa shape index (κ1) is 21.4. The lowest BCUT2D eigenvalue weighted by atomic mass is 10.1. The molecule has 0 saturated carbocycles. The number of anilines is 2. The maximum absolute atomic E-state index is 6.08. The predicted octanol–water partition coefficient (Wildman–Crippen LogP) is 4.56. The van der Waals surface area contributed by atoms with Gasteiger partial charge in [-0.15, -0.1) is 0 Å². The number of hydrogen-bond acceptors (Lipinski definition) is 8. The Balaban J connectivity index is 1.25. The first-order valence-corrected chi connectivity index (χ1v) is 11.0. The van der Waals surface area contributed by atoms with Crippen molar-refractivity contribution in [2.75, 3.05) is 32.1 Å². The zero-order chi connectivity index (χ0) is 22.8. The van der Waals surface area contributed by atoms with E-state index in [0.717, 1.165) is 58.3 Å². The van der Waals surface area contributed by atoms with E-state index >= 15 is 0 Å². The van der Waals surface area contributed by atoms with E-state index in [4.69, 9.17) is 13.9 Å². The molecule has 4 heterocycles. The number of rotatable bonds is 6. The summed E-state index contributed by atoms with van der Waals surface area (Å²) < 4.78 is 17.5. The standard InChI is InChI=1S/C25H27N5O3/c1-16-11-17(2)28-25(27-16)29-19-7-8-21(26-13-19)23-15-30(9-10-32-23)14-20-12-18-5-4-6-22(31-3)24(18)33-20/h4-8,11-13,23H,9-10,14-15H2,1-3H3,(H,27,28,29)/t23-/m1/s1. The van der Waals surface area contributed by atoms with Gasteiger partial charge in [0.1, 0.15) is 11.9 Å². The smallest absolute Gasteiger partial charge is 0.227 e. The highest BCUT2D eigenvalue weighted by Crippen LogP contribution is 2.30. The third-order valence-corrected chi connectivity index (χ3v) is 5.66. The average Bonchev–Trinajstić information content (AvgIpc) is 3.21. The summed E-state index contributed by atoms with van der Waals surface area (Å²) in [5.74, 6) is 2.24. The van der Waals surface area contributed by atoms with Gasteiger partial charge in [-0.25, -0.2) is 9.97 Å². The lowest BCUT2D eigenvalue weighted by Crippen LogP contribution is -2.38. The first-order valence-electron chi connectivity index (χ1n) is 11.0. The van der Waals surface area contributed by atoms with Crippen molar-refractivity contribution in [3.8, 4) is 5.75 Å². The van der Waals surface area contributed by atoms with Crippen molar-refractivity contribution in [2.45, 2.75) is 26.5 Å². The Bertz CT molecular complexity index is 1230. The molecule has 0 unspecified atom stereocenters.